The Morgan fingerprint density at radius 3 is 2.10 bits per heavy atom. The third-order valence-electron chi connectivity index (χ3n) is 2.58. The fourth-order valence-corrected chi connectivity index (χ4v) is 1.42. The standard InChI is InChI=1S/C12H23N5O4/c1-4-13-9-14-10(16-11(15-9)21-8(2)3)17-12(5-18,6-19)7-20/h8,18-20H,4-7H2,1-3H3,(H2,13,14,15,16,17). The van der Waals surface area contributed by atoms with E-state index in [1.165, 1.54) is 0 Å². The van der Waals surface area contributed by atoms with Crippen LogP contribution in [0.5, 0.6) is 6.01 Å². The second-order valence-electron chi connectivity index (χ2n) is 4.84. The molecule has 1 aromatic heterocycles. The summed E-state index contributed by atoms with van der Waals surface area (Å²) in [6, 6.07) is 0.112. The summed E-state index contributed by atoms with van der Waals surface area (Å²) >= 11 is 0. The van der Waals surface area contributed by atoms with Gasteiger partial charge in [-0.2, -0.15) is 15.0 Å². The van der Waals surface area contributed by atoms with Gasteiger partial charge in [0, 0.05) is 6.54 Å². The van der Waals surface area contributed by atoms with Crippen molar-refractivity contribution in [1.82, 2.24) is 15.0 Å². The third-order valence-corrected chi connectivity index (χ3v) is 2.58. The predicted molar refractivity (Wildman–Crippen MR) is 77.4 cm³/mol. The van der Waals surface area contributed by atoms with Crippen LogP contribution in [0.3, 0.4) is 0 Å². The van der Waals surface area contributed by atoms with Crippen molar-refractivity contribution < 1.29 is 20.1 Å². The van der Waals surface area contributed by atoms with Gasteiger partial charge in [0.05, 0.1) is 25.9 Å². The van der Waals surface area contributed by atoms with Gasteiger partial charge in [0.1, 0.15) is 5.54 Å². The minimum atomic E-state index is -1.32. The van der Waals surface area contributed by atoms with Gasteiger partial charge in [0.25, 0.3) is 0 Å². The normalized spacial score (nSPS) is 11.6. The average Bonchev–Trinajstić information content (AvgIpc) is 2.44. The topological polar surface area (TPSA) is 133 Å². The molecule has 1 aromatic rings. The molecule has 0 aliphatic rings. The van der Waals surface area contributed by atoms with Gasteiger partial charge in [0.15, 0.2) is 0 Å². The van der Waals surface area contributed by atoms with E-state index in [2.05, 4.69) is 25.6 Å². The van der Waals surface area contributed by atoms with Crippen LogP contribution in [0.15, 0.2) is 0 Å². The molecule has 120 valence electrons. The Morgan fingerprint density at radius 1 is 1.05 bits per heavy atom. The maximum absolute atomic E-state index is 9.32. The highest BCUT2D eigenvalue weighted by Crippen LogP contribution is 2.16. The van der Waals surface area contributed by atoms with E-state index in [0.717, 1.165) is 0 Å². The quantitative estimate of drug-likeness (QED) is 0.398. The molecule has 0 aliphatic carbocycles. The molecule has 0 saturated heterocycles. The zero-order chi connectivity index (χ0) is 15.9. The van der Waals surface area contributed by atoms with Crippen molar-refractivity contribution in [1.29, 1.82) is 0 Å². The zero-order valence-corrected chi connectivity index (χ0v) is 12.5. The molecule has 0 radical (unpaired) electrons. The molecule has 1 heterocycles. The van der Waals surface area contributed by atoms with Gasteiger partial charge in [-0.25, -0.2) is 0 Å². The Morgan fingerprint density at radius 2 is 1.62 bits per heavy atom. The number of ether oxygens (including phenoxy) is 1. The van der Waals surface area contributed by atoms with Crippen LogP contribution in [0.4, 0.5) is 11.9 Å². The van der Waals surface area contributed by atoms with Crippen molar-refractivity contribution in [3.05, 3.63) is 0 Å². The molecule has 1 rings (SSSR count). The van der Waals surface area contributed by atoms with E-state index in [1.807, 2.05) is 20.8 Å². The minimum absolute atomic E-state index is 0.0914. The summed E-state index contributed by atoms with van der Waals surface area (Å²) in [6.45, 7) is 4.72. The Bertz CT molecular complexity index is 431. The molecule has 0 spiro atoms. The summed E-state index contributed by atoms with van der Waals surface area (Å²) in [5.41, 5.74) is -1.32. The maximum atomic E-state index is 9.32. The van der Waals surface area contributed by atoms with Crippen LogP contribution in [0.1, 0.15) is 20.8 Å². The number of nitrogens with zero attached hydrogens (tertiary/aromatic N) is 3. The lowest BCUT2D eigenvalue weighted by Crippen LogP contribution is -2.49. The Balaban J connectivity index is 3.06. The van der Waals surface area contributed by atoms with Crippen molar-refractivity contribution in [2.24, 2.45) is 0 Å². The number of hydrogen-bond donors (Lipinski definition) is 5. The highest BCUT2D eigenvalue weighted by molar-refractivity contribution is 5.38. The molecule has 9 heteroatoms. The first kappa shape index (κ1) is 17.3. The van der Waals surface area contributed by atoms with Crippen molar-refractivity contribution >= 4 is 11.9 Å². The van der Waals surface area contributed by atoms with E-state index in [4.69, 9.17) is 4.74 Å². The van der Waals surface area contributed by atoms with E-state index < -0.39 is 25.4 Å². The summed E-state index contributed by atoms with van der Waals surface area (Å²) in [7, 11) is 0. The predicted octanol–water partition coefficient (Wildman–Crippen LogP) is -0.782. The summed E-state index contributed by atoms with van der Waals surface area (Å²) in [5.74, 6) is 0.391. The van der Waals surface area contributed by atoms with Gasteiger partial charge in [-0.3, -0.25) is 0 Å². The molecule has 0 fully saturated rings. The summed E-state index contributed by atoms with van der Waals surface area (Å²) in [6.07, 6.45) is -0.118. The third kappa shape index (κ3) is 4.96. The number of aliphatic hydroxyl groups is 3. The van der Waals surface area contributed by atoms with E-state index in [0.29, 0.717) is 12.5 Å². The summed E-state index contributed by atoms with van der Waals surface area (Å²) in [5, 5.41) is 33.6. The van der Waals surface area contributed by atoms with Crippen molar-refractivity contribution in [2.75, 3.05) is 37.0 Å². The number of rotatable bonds is 9. The van der Waals surface area contributed by atoms with Gasteiger partial charge >= 0.3 is 6.01 Å². The average molecular weight is 301 g/mol. The van der Waals surface area contributed by atoms with Crippen molar-refractivity contribution in [2.45, 2.75) is 32.4 Å². The first-order valence-corrected chi connectivity index (χ1v) is 6.76. The zero-order valence-electron chi connectivity index (χ0n) is 12.5. The molecule has 0 amide bonds. The van der Waals surface area contributed by atoms with Crippen LogP contribution in [0.2, 0.25) is 0 Å². The van der Waals surface area contributed by atoms with Crippen LogP contribution in [-0.4, -0.2) is 68.3 Å². The van der Waals surface area contributed by atoms with E-state index in [1.54, 1.807) is 0 Å². The smallest absolute Gasteiger partial charge is 0.323 e. The molecular formula is C12H23N5O4. The fourth-order valence-electron chi connectivity index (χ4n) is 1.42. The van der Waals surface area contributed by atoms with E-state index >= 15 is 0 Å². The number of hydrogen-bond acceptors (Lipinski definition) is 9. The number of anilines is 2. The maximum Gasteiger partial charge on any atom is 0.323 e. The van der Waals surface area contributed by atoms with E-state index in [9.17, 15) is 15.3 Å². The largest absolute Gasteiger partial charge is 0.461 e. The van der Waals surface area contributed by atoms with Gasteiger partial charge in [-0.05, 0) is 20.8 Å². The number of aromatic nitrogens is 3. The van der Waals surface area contributed by atoms with Gasteiger partial charge in [-0.1, -0.05) is 0 Å². The first-order valence-electron chi connectivity index (χ1n) is 6.76. The van der Waals surface area contributed by atoms with Crippen LogP contribution >= 0.6 is 0 Å². The second-order valence-corrected chi connectivity index (χ2v) is 4.84. The molecule has 0 aromatic carbocycles. The van der Waals surface area contributed by atoms with Crippen molar-refractivity contribution in [3.63, 3.8) is 0 Å². The summed E-state index contributed by atoms with van der Waals surface area (Å²) in [4.78, 5) is 12.2. The molecule has 0 unspecified atom stereocenters. The molecule has 0 atom stereocenters. The van der Waals surface area contributed by atoms with Gasteiger partial charge < -0.3 is 30.7 Å². The number of nitrogens with one attached hydrogen (secondary N) is 2. The van der Waals surface area contributed by atoms with Gasteiger partial charge in [0.2, 0.25) is 11.9 Å². The molecule has 21 heavy (non-hydrogen) atoms. The molecule has 0 aliphatic heterocycles. The lowest BCUT2D eigenvalue weighted by molar-refractivity contribution is 0.0826. The monoisotopic (exact) mass is 301 g/mol. The fraction of sp³-hybridized carbons (Fsp3) is 0.750. The molecule has 0 bridgehead atoms. The lowest BCUT2D eigenvalue weighted by atomic mass is 10.0. The lowest BCUT2D eigenvalue weighted by Gasteiger charge is -2.28. The van der Waals surface area contributed by atoms with Crippen LogP contribution < -0.4 is 15.4 Å². The molecular weight excluding hydrogens is 278 g/mol. The van der Waals surface area contributed by atoms with E-state index in [-0.39, 0.29) is 18.1 Å². The Kier molecular flexibility index (Phi) is 6.53. The molecule has 0 saturated carbocycles. The highest BCUT2D eigenvalue weighted by atomic mass is 16.5. The Labute approximate surface area is 123 Å². The SMILES string of the molecule is CCNc1nc(NC(CO)(CO)CO)nc(OC(C)C)n1. The van der Waals surface area contributed by atoms with Crippen LogP contribution in [0, 0.1) is 0 Å². The number of aliphatic hydroxyl groups excluding tert-OH is 3. The van der Waals surface area contributed by atoms with Crippen LogP contribution in [-0.2, 0) is 0 Å². The molecule has 9 nitrogen and oxygen atoms in total. The van der Waals surface area contributed by atoms with Crippen LogP contribution in [0.25, 0.3) is 0 Å². The minimum Gasteiger partial charge on any atom is -0.461 e. The second kappa shape index (κ2) is 7.91. The summed E-state index contributed by atoms with van der Waals surface area (Å²) < 4.78 is 5.43. The highest BCUT2D eigenvalue weighted by Gasteiger charge is 2.29. The van der Waals surface area contributed by atoms with Crippen molar-refractivity contribution in [3.8, 4) is 6.01 Å². The first-order chi connectivity index (χ1) is 9.98. The Hall–Kier alpha value is -1.71. The molecule has 5 N–H and O–H groups in total. The van der Waals surface area contributed by atoms with Gasteiger partial charge in [-0.15, -0.1) is 0 Å².